The Balaban J connectivity index is 2.93. The van der Waals surface area contributed by atoms with Gasteiger partial charge >= 0.3 is 6.03 Å². The molecule has 0 fully saturated rings. The van der Waals surface area contributed by atoms with Crippen molar-refractivity contribution in [2.75, 3.05) is 5.32 Å². The van der Waals surface area contributed by atoms with Crippen molar-refractivity contribution in [2.45, 2.75) is 0 Å². The van der Waals surface area contributed by atoms with Gasteiger partial charge in [0.25, 0.3) is 0 Å². The molecule has 3 nitrogen and oxygen atoms in total. The third kappa shape index (κ3) is 2.83. The summed E-state index contributed by atoms with van der Waals surface area (Å²) in [5, 5.41) is 2.47. The van der Waals surface area contributed by atoms with Gasteiger partial charge in [-0.15, -0.1) is 0 Å². The zero-order chi connectivity index (χ0) is 9.14. The Morgan fingerprint density at radius 1 is 1.25 bits per heavy atom. The van der Waals surface area contributed by atoms with Crippen molar-refractivity contribution in [3.8, 4) is 0 Å². The lowest BCUT2D eigenvalue weighted by Gasteiger charge is -2.02. The number of anilines is 1. The molecule has 5 heteroatoms. The molecule has 0 saturated heterocycles. The third-order valence-electron chi connectivity index (χ3n) is 1.13. The molecule has 0 aliphatic rings. The Labute approximate surface area is 86.6 Å². The second kappa shape index (κ2) is 3.91. The van der Waals surface area contributed by atoms with Crippen LogP contribution < -0.4 is 11.1 Å². The summed E-state index contributed by atoms with van der Waals surface area (Å²) in [6.07, 6.45) is 0. The number of rotatable bonds is 1. The molecule has 0 heterocycles. The van der Waals surface area contributed by atoms with Crippen LogP contribution in [-0.4, -0.2) is 6.03 Å². The van der Waals surface area contributed by atoms with Crippen molar-refractivity contribution in [1.29, 1.82) is 0 Å². The van der Waals surface area contributed by atoms with Crippen LogP contribution in [0.25, 0.3) is 0 Å². The summed E-state index contributed by atoms with van der Waals surface area (Å²) < 4.78 is 1.75. The Kier molecular flexibility index (Phi) is 3.11. The maximum Gasteiger partial charge on any atom is 0.316 e. The highest BCUT2D eigenvalue weighted by atomic mass is 79.9. The van der Waals surface area contributed by atoms with E-state index in [2.05, 4.69) is 37.2 Å². The quantitative estimate of drug-likeness (QED) is 0.822. The van der Waals surface area contributed by atoms with Gasteiger partial charge in [0.15, 0.2) is 0 Å². The summed E-state index contributed by atoms with van der Waals surface area (Å²) in [5.74, 6) is 0. The minimum atomic E-state index is -0.569. The predicted molar refractivity (Wildman–Crippen MR) is 55.0 cm³/mol. The summed E-state index contributed by atoms with van der Waals surface area (Å²) in [4.78, 5) is 10.5. The van der Waals surface area contributed by atoms with Crippen LogP contribution in [0.4, 0.5) is 10.5 Å². The van der Waals surface area contributed by atoms with Gasteiger partial charge in [0, 0.05) is 14.6 Å². The highest BCUT2D eigenvalue weighted by Gasteiger charge is 1.98. The van der Waals surface area contributed by atoms with E-state index < -0.39 is 6.03 Å². The van der Waals surface area contributed by atoms with Gasteiger partial charge in [-0.25, -0.2) is 4.79 Å². The van der Waals surface area contributed by atoms with Gasteiger partial charge in [-0.3, -0.25) is 0 Å². The van der Waals surface area contributed by atoms with Crippen LogP contribution in [0, 0.1) is 0 Å². The van der Waals surface area contributed by atoms with E-state index >= 15 is 0 Å². The average molecular weight is 294 g/mol. The lowest BCUT2D eigenvalue weighted by Crippen LogP contribution is -2.19. The summed E-state index contributed by atoms with van der Waals surface area (Å²) >= 11 is 6.56. The lowest BCUT2D eigenvalue weighted by molar-refractivity contribution is 0.259. The van der Waals surface area contributed by atoms with Crippen LogP contribution in [0.5, 0.6) is 0 Å². The minimum Gasteiger partial charge on any atom is -0.351 e. The molecule has 0 aromatic heterocycles. The summed E-state index contributed by atoms with van der Waals surface area (Å²) in [6.45, 7) is 0. The molecule has 0 spiro atoms. The molecular formula is C7H6Br2N2O. The van der Waals surface area contributed by atoms with Gasteiger partial charge in [0.05, 0.1) is 0 Å². The summed E-state index contributed by atoms with van der Waals surface area (Å²) in [5.41, 5.74) is 5.60. The number of nitrogens with two attached hydrogens (primary N) is 1. The fourth-order valence-electron chi connectivity index (χ4n) is 0.768. The van der Waals surface area contributed by atoms with Crippen LogP contribution >= 0.6 is 31.9 Å². The maximum absolute atomic E-state index is 10.5. The molecule has 64 valence electrons. The van der Waals surface area contributed by atoms with E-state index in [9.17, 15) is 4.79 Å². The number of hydrogen-bond donors (Lipinski definition) is 2. The fraction of sp³-hybridized carbons (Fsp3) is 0. The van der Waals surface area contributed by atoms with Crippen molar-refractivity contribution in [2.24, 2.45) is 5.73 Å². The Hall–Kier alpha value is -0.550. The summed E-state index contributed by atoms with van der Waals surface area (Å²) in [7, 11) is 0. The predicted octanol–water partition coefficient (Wildman–Crippen LogP) is 2.70. The Bertz CT molecular complexity index is 294. The molecule has 0 aliphatic carbocycles. The van der Waals surface area contributed by atoms with Gasteiger partial charge in [-0.05, 0) is 18.2 Å². The van der Waals surface area contributed by atoms with E-state index in [0.717, 1.165) is 8.95 Å². The number of nitrogens with one attached hydrogen (secondary N) is 1. The number of hydrogen-bond acceptors (Lipinski definition) is 1. The first-order valence-corrected chi connectivity index (χ1v) is 4.69. The number of amides is 2. The minimum absolute atomic E-state index is 0.569. The Morgan fingerprint density at radius 3 is 2.17 bits per heavy atom. The van der Waals surface area contributed by atoms with E-state index in [4.69, 9.17) is 5.73 Å². The molecule has 1 rings (SSSR count). The highest BCUT2D eigenvalue weighted by molar-refractivity contribution is 9.11. The number of halogens is 2. The topological polar surface area (TPSA) is 55.1 Å². The van der Waals surface area contributed by atoms with Gasteiger partial charge in [-0.1, -0.05) is 31.9 Å². The average Bonchev–Trinajstić information content (AvgIpc) is 1.81. The van der Waals surface area contributed by atoms with Crippen molar-refractivity contribution < 1.29 is 4.79 Å². The zero-order valence-corrected chi connectivity index (χ0v) is 9.15. The van der Waals surface area contributed by atoms with Crippen LogP contribution in [0.3, 0.4) is 0 Å². The van der Waals surface area contributed by atoms with E-state index in [1.165, 1.54) is 0 Å². The number of benzene rings is 1. The Morgan fingerprint density at radius 2 is 1.75 bits per heavy atom. The molecule has 0 bridgehead atoms. The molecule has 2 amide bonds. The van der Waals surface area contributed by atoms with E-state index in [1.54, 1.807) is 12.1 Å². The monoisotopic (exact) mass is 292 g/mol. The SMILES string of the molecule is NC(=O)Nc1cc(Br)cc(Br)c1. The maximum atomic E-state index is 10.5. The molecule has 3 N–H and O–H groups in total. The van der Waals surface area contributed by atoms with Gasteiger partial charge < -0.3 is 11.1 Å². The van der Waals surface area contributed by atoms with E-state index in [-0.39, 0.29) is 0 Å². The van der Waals surface area contributed by atoms with Crippen LogP contribution in [0.15, 0.2) is 27.1 Å². The van der Waals surface area contributed by atoms with Crippen LogP contribution in [0.2, 0.25) is 0 Å². The first-order valence-electron chi connectivity index (χ1n) is 3.10. The standard InChI is InChI=1S/C7H6Br2N2O/c8-4-1-5(9)3-6(2-4)11-7(10)12/h1-3H,(H3,10,11,12). The van der Waals surface area contributed by atoms with Gasteiger partial charge in [0.2, 0.25) is 0 Å². The number of primary amides is 1. The number of urea groups is 1. The number of carbonyl (C=O) groups is 1. The van der Waals surface area contributed by atoms with Crippen molar-refractivity contribution in [3.63, 3.8) is 0 Å². The van der Waals surface area contributed by atoms with Crippen molar-refractivity contribution in [1.82, 2.24) is 0 Å². The first kappa shape index (κ1) is 9.54. The molecular weight excluding hydrogens is 288 g/mol. The molecule has 0 radical (unpaired) electrons. The molecule has 12 heavy (non-hydrogen) atoms. The van der Waals surface area contributed by atoms with Crippen molar-refractivity contribution in [3.05, 3.63) is 27.1 Å². The van der Waals surface area contributed by atoms with Crippen molar-refractivity contribution >= 4 is 43.6 Å². The second-order valence-corrected chi connectivity index (χ2v) is 3.98. The van der Waals surface area contributed by atoms with E-state index in [0.29, 0.717) is 5.69 Å². The normalized spacial score (nSPS) is 9.50. The third-order valence-corrected chi connectivity index (χ3v) is 2.05. The highest BCUT2D eigenvalue weighted by Crippen LogP contribution is 2.22. The molecule has 0 unspecified atom stereocenters. The summed E-state index contributed by atoms with van der Waals surface area (Å²) in [6, 6.07) is 4.82. The van der Waals surface area contributed by atoms with Crippen LogP contribution in [0.1, 0.15) is 0 Å². The smallest absolute Gasteiger partial charge is 0.316 e. The molecule has 1 aromatic rings. The zero-order valence-electron chi connectivity index (χ0n) is 5.97. The molecule has 0 aliphatic heterocycles. The molecule has 1 aromatic carbocycles. The van der Waals surface area contributed by atoms with Gasteiger partial charge in [-0.2, -0.15) is 0 Å². The van der Waals surface area contributed by atoms with Gasteiger partial charge in [0.1, 0.15) is 0 Å². The molecule has 0 saturated carbocycles. The lowest BCUT2D eigenvalue weighted by atomic mass is 10.3. The largest absolute Gasteiger partial charge is 0.351 e. The fourth-order valence-corrected chi connectivity index (χ4v) is 2.06. The van der Waals surface area contributed by atoms with E-state index in [1.807, 2.05) is 6.07 Å². The number of carbonyl (C=O) groups excluding carboxylic acids is 1. The first-order chi connectivity index (χ1) is 5.58. The van der Waals surface area contributed by atoms with Crippen LogP contribution in [-0.2, 0) is 0 Å². The second-order valence-electron chi connectivity index (χ2n) is 2.15. The molecule has 0 atom stereocenters.